The second-order valence-corrected chi connectivity index (χ2v) is 9.99. The molecule has 2 aromatic carbocycles. The van der Waals surface area contributed by atoms with Gasteiger partial charge in [-0.2, -0.15) is 9.78 Å². The average molecular weight is 591 g/mol. The summed E-state index contributed by atoms with van der Waals surface area (Å²) in [6.07, 6.45) is 6.34. The van der Waals surface area contributed by atoms with Crippen LogP contribution >= 0.6 is 31.9 Å². The minimum Gasteiger partial charge on any atom is -0.477 e. The van der Waals surface area contributed by atoms with Crippen LogP contribution in [0, 0.1) is 0 Å². The third-order valence-electron chi connectivity index (χ3n) is 5.92. The molecule has 178 valence electrons. The zero-order chi connectivity index (χ0) is 24.2. The van der Waals surface area contributed by atoms with Crippen LogP contribution in [-0.4, -0.2) is 35.1 Å². The van der Waals surface area contributed by atoms with E-state index in [1.165, 1.54) is 18.2 Å². The Morgan fingerprint density at radius 3 is 2.53 bits per heavy atom. The zero-order valence-corrected chi connectivity index (χ0v) is 22.1. The molecule has 1 saturated carbocycles. The van der Waals surface area contributed by atoms with E-state index in [-0.39, 0.29) is 11.5 Å². The number of hydrogen-bond acceptors (Lipinski definition) is 6. The molecule has 1 heterocycles. The minimum absolute atomic E-state index is 0.174. The van der Waals surface area contributed by atoms with Gasteiger partial charge in [0, 0.05) is 5.92 Å². The third kappa shape index (κ3) is 5.25. The maximum absolute atomic E-state index is 13.3. The van der Waals surface area contributed by atoms with Crippen LogP contribution in [0.15, 0.2) is 55.2 Å². The standard InChI is InChI=1S/C25H25Br2N3O4/c1-15(25(32)33-2)34-22-19(26)12-16(13-20(22)27)14-28-30-23(17-8-4-3-5-9-17)29-21-11-7-6-10-18(21)24(30)31/h6-7,10-15,17H,3-5,8-9H2,1-2H3/t15-/m1/s1. The van der Waals surface area contributed by atoms with E-state index in [1.54, 1.807) is 19.2 Å². The van der Waals surface area contributed by atoms with Gasteiger partial charge in [0.05, 0.1) is 33.2 Å². The summed E-state index contributed by atoms with van der Waals surface area (Å²) in [6.45, 7) is 1.62. The number of ether oxygens (including phenoxy) is 2. The van der Waals surface area contributed by atoms with Crippen LogP contribution < -0.4 is 10.3 Å². The molecule has 0 spiro atoms. The van der Waals surface area contributed by atoms with Crippen molar-refractivity contribution in [1.82, 2.24) is 9.66 Å². The molecule has 9 heteroatoms. The molecular weight excluding hydrogens is 566 g/mol. The molecule has 0 bridgehead atoms. The van der Waals surface area contributed by atoms with Gasteiger partial charge in [0.1, 0.15) is 11.6 Å². The van der Waals surface area contributed by atoms with Gasteiger partial charge in [0.25, 0.3) is 5.56 Å². The van der Waals surface area contributed by atoms with Crippen molar-refractivity contribution in [1.29, 1.82) is 0 Å². The summed E-state index contributed by atoms with van der Waals surface area (Å²) >= 11 is 7.00. The molecular formula is C25H25Br2N3O4. The van der Waals surface area contributed by atoms with Crippen LogP contribution in [0.1, 0.15) is 56.3 Å². The normalized spacial score (nSPS) is 15.5. The average Bonchev–Trinajstić information content (AvgIpc) is 2.85. The molecule has 0 radical (unpaired) electrons. The number of halogens is 2. The molecule has 3 aromatic rings. The zero-order valence-electron chi connectivity index (χ0n) is 19.0. The van der Waals surface area contributed by atoms with Crippen molar-refractivity contribution in [3.63, 3.8) is 0 Å². The summed E-state index contributed by atoms with van der Waals surface area (Å²) in [5.74, 6) is 0.923. The van der Waals surface area contributed by atoms with Gasteiger partial charge in [-0.05, 0) is 81.5 Å². The first-order valence-corrected chi connectivity index (χ1v) is 12.8. The van der Waals surface area contributed by atoms with Gasteiger partial charge in [-0.25, -0.2) is 9.78 Å². The molecule has 0 unspecified atom stereocenters. The number of fused-ring (bicyclic) bond motifs is 1. The topological polar surface area (TPSA) is 82.8 Å². The fourth-order valence-corrected chi connectivity index (χ4v) is 5.57. The van der Waals surface area contributed by atoms with Gasteiger partial charge in [0.15, 0.2) is 6.10 Å². The molecule has 1 atom stereocenters. The first kappa shape index (κ1) is 24.6. The molecule has 0 amide bonds. The first-order chi connectivity index (χ1) is 16.4. The molecule has 1 aromatic heterocycles. The smallest absolute Gasteiger partial charge is 0.346 e. The molecule has 0 saturated heterocycles. The Morgan fingerprint density at radius 2 is 1.85 bits per heavy atom. The van der Waals surface area contributed by atoms with Crippen LogP contribution in [0.5, 0.6) is 5.75 Å². The SMILES string of the molecule is COC(=O)[C@@H](C)Oc1c(Br)cc(C=Nn2c(C3CCCCC3)nc3ccccc3c2=O)cc1Br. The predicted molar refractivity (Wildman–Crippen MR) is 139 cm³/mol. The Hall–Kier alpha value is -2.52. The van der Waals surface area contributed by atoms with Crippen molar-refractivity contribution >= 4 is 54.9 Å². The van der Waals surface area contributed by atoms with Crippen LogP contribution in [0.3, 0.4) is 0 Å². The lowest BCUT2D eigenvalue weighted by atomic mass is 9.88. The van der Waals surface area contributed by atoms with Gasteiger partial charge < -0.3 is 9.47 Å². The van der Waals surface area contributed by atoms with Crippen molar-refractivity contribution < 1.29 is 14.3 Å². The molecule has 34 heavy (non-hydrogen) atoms. The number of hydrogen-bond donors (Lipinski definition) is 0. The van der Waals surface area contributed by atoms with E-state index in [4.69, 9.17) is 14.5 Å². The van der Waals surface area contributed by atoms with Crippen LogP contribution in [0.25, 0.3) is 10.9 Å². The number of aromatic nitrogens is 2. The first-order valence-electron chi connectivity index (χ1n) is 11.2. The number of benzene rings is 2. The van der Waals surface area contributed by atoms with Crippen LogP contribution in [-0.2, 0) is 9.53 Å². The highest BCUT2D eigenvalue weighted by Gasteiger charge is 2.23. The Bertz CT molecular complexity index is 1280. The highest BCUT2D eigenvalue weighted by Crippen LogP contribution is 2.35. The second kappa shape index (κ2) is 10.8. The largest absolute Gasteiger partial charge is 0.477 e. The van der Waals surface area contributed by atoms with Gasteiger partial charge in [-0.1, -0.05) is 31.4 Å². The molecule has 1 fully saturated rings. The fraction of sp³-hybridized carbons (Fsp3) is 0.360. The minimum atomic E-state index is -0.766. The van der Waals surface area contributed by atoms with Crippen LogP contribution in [0.2, 0.25) is 0 Å². The van der Waals surface area contributed by atoms with E-state index in [0.717, 1.165) is 31.2 Å². The Morgan fingerprint density at radius 1 is 1.18 bits per heavy atom. The lowest BCUT2D eigenvalue weighted by Crippen LogP contribution is -2.25. The van der Waals surface area contributed by atoms with E-state index < -0.39 is 12.1 Å². The van der Waals surface area contributed by atoms with E-state index >= 15 is 0 Å². The van der Waals surface area contributed by atoms with Crippen molar-refractivity contribution in [3.8, 4) is 5.75 Å². The quantitative estimate of drug-likeness (QED) is 0.268. The Balaban J connectivity index is 1.71. The van der Waals surface area contributed by atoms with Crippen molar-refractivity contribution in [2.75, 3.05) is 7.11 Å². The Kier molecular flexibility index (Phi) is 7.83. The highest BCUT2D eigenvalue weighted by atomic mass is 79.9. The number of nitrogens with zero attached hydrogens (tertiary/aromatic N) is 3. The van der Waals surface area contributed by atoms with Crippen molar-refractivity contribution in [2.24, 2.45) is 5.10 Å². The molecule has 7 nitrogen and oxygen atoms in total. The summed E-state index contributed by atoms with van der Waals surface area (Å²) in [4.78, 5) is 29.9. The number of carbonyl (C=O) groups is 1. The summed E-state index contributed by atoms with van der Waals surface area (Å²) in [5, 5.41) is 5.12. The van der Waals surface area contributed by atoms with E-state index in [9.17, 15) is 9.59 Å². The number of para-hydroxylation sites is 1. The Labute approximate surface area is 214 Å². The third-order valence-corrected chi connectivity index (χ3v) is 7.10. The fourth-order valence-electron chi connectivity index (χ4n) is 4.16. The number of esters is 1. The van der Waals surface area contributed by atoms with Crippen molar-refractivity contribution in [2.45, 2.75) is 51.0 Å². The van der Waals surface area contributed by atoms with Gasteiger partial charge in [-0.3, -0.25) is 4.79 Å². The van der Waals surface area contributed by atoms with E-state index in [2.05, 4.69) is 37.0 Å². The van der Waals surface area contributed by atoms with E-state index in [0.29, 0.717) is 31.4 Å². The lowest BCUT2D eigenvalue weighted by molar-refractivity contribution is -0.147. The van der Waals surface area contributed by atoms with E-state index in [1.807, 2.05) is 30.3 Å². The number of methoxy groups -OCH3 is 1. The van der Waals surface area contributed by atoms with Gasteiger partial charge >= 0.3 is 5.97 Å². The molecule has 1 aliphatic carbocycles. The predicted octanol–water partition coefficient (Wildman–Crippen LogP) is 5.79. The monoisotopic (exact) mass is 589 g/mol. The van der Waals surface area contributed by atoms with Crippen molar-refractivity contribution in [3.05, 3.63) is 67.1 Å². The second-order valence-electron chi connectivity index (χ2n) is 8.28. The molecule has 4 rings (SSSR count). The number of rotatable bonds is 6. The lowest BCUT2D eigenvalue weighted by Gasteiger charge is -2.22. The summed E-state index contributed by atoms with van der Waals surface area (Å²) < 4.78 is 13.2. The van der Waals surface area contributed by atoms with Gasteiger partial charge in [0.2, 0.25) is 0 Å². The maximum Gasteiger partial charge on any atom is 0.346 e. The van der Waals surface area contributed by atoms with Crippen LogP contribution in [0.4, 0.5) is 0 Å². The molecule has 0 N–H and O–H groups in total. The van der Waals surface area contributed by atoms with Gasteiger partial charge in [-0.15, -0.1) is 0 Å². The maximum atomic E-state index is 13.3. The molecule has 0 aliphatic heterocycles. The number of carbonyl (C=O) groups excluding carboxylic acids is 1. The summed E-state index contributed by atoms with van der Waals surface area (Å²) in [5.41, 5.74) is 1.27. The molecule has 1 aliphatic rings. The summed E-state index contributed by atoms with van der Waals surface area (Å²) in [7, 11) is 1.32. The summed E-state index contributed by atoms with van der Waals surface area (Å²) in [6, 6.07) is 11.0. The highest BCUT2D eigenvalue weighted by molar-refractivity contribution is 9.11.